The fourth-order valence-corrected chi connectivity index (χ4v) is 1.80. The molecule has 1 atom stereocenters. The monoisotopic (exact) mass is 239 g/mol. The largest absolute Gasteiger partial charge is 0.480 e. The van der Waals surface area contributed by atoms with Gasteiger partial charge in [-0.2, -0.15) is 0 Å². The molecule has 1 unspecified atom stereocenters. The summed E-state index contributed by atoms with van der Waals surface area (Å²) in [5.41, 5.74) is -1.29. The zero-order valence-corrected chi connectivity index (χ0v) is 10.5. The van der Waals surface area contributed by atoms with Crippen LogP contribution >= 0.6 is 0 Å². The molecule has 1 aromatic rings. The molecule has 0 heterocycles. The Balaban J connectivity index is 3.21. The summed E-state index contributed by atoms with van der Waals surface area (Å²) in [7, 11) is 0. The van der Waals surface area contributed by atoms with Gasteiger partial charge in [0.1, 0.15) is 11.4 Å². The quantitative estimate of drug-likeness (QED) is 0.852. The maximum absolute atomic E-state index is 13.2. The standard InChI is InChI=1S/C13H18FNO2/c1-12(2,3)15-13(4,11(16)17)9-6-5-7-10(14)8-9/h5-8,15H,1-4H3,(H,16,17). The van der Waals surface area contributed by atoms with Gasteiger partial charge in [-0.1, -0.05) is 12.1 Å². The molecule has 17 heavy (non-hydrogen) atoms. The molecule has 1 aromatic carbocycles. The van der Waals surface area contributed by atoms with E-state index in [1.807, 2.05) is 20.8 Å². The number of hydrogen-bond donors (Lipinski definition) is 2. The first-order valence-electron chi connectivity index (χ1n) is 5.44. The second-order valence-electron chi connectivity index (χ2n) is 5.32. The van der Waals surface area contributed by atoms with Crippen LogP contribution in [0.15, 0.2) is 24.3 Å². The van der Waals surface area contributed by atoms with Gasteiger partial charge in [0.25, 0.3) is 0 Å². The average Bonchev–Trinajstić information content (AvgIpc) is 2.14. The van der Waals surface area contributed by atoms with Gasteiger partial charge in [0.05, 0.1) is 0 Å². The van der Waals surface area contributed by atoms with E-state index in [1.165, 1.54) is 25.1 Å². The predicted octanol–water partition coefficient (Wildman–Crippen LogP) is 2.51. The Bertz CT molecular complexity index is 426. The van der Waals surface area contributed by atoms with Gasteiger partial charge in [-0.15, -0.1) is 0 Å². The first-order valence-corrected chi connectivity index (χ1v) is 5.44. The highest BCUT2D eigenvalue weighted by molar-refractivity contribution is 5.80. The van der Waals surface area contributed by atoms with E-state index < -0.39 is 17.3 Å². The topological polar surface area (TPSA) is 49.3 Å². The molecule has 0 aliphatic carbocycles. The lowest BCUT2D eigenvalue weighted by Crippen LogP contribution is -2.54. The molecule has 3 nitrogen and oxygen atoms in total. The minimum atomic E-state index is -1.31. The van der Waals surface area contributed by atoms with Gasteiger partial charge in [0.15, 0.2) is 0 Å². The van der Waals surface area contributed by atoms with E-state index in [1.54, 1.807) is 6.07 Å². The molecule has 0 aliphatic rings. The molecule has 0 aliphatic heterocycles. The summed E-state index contributed by atoms with van der Waals surface area (Å²) >= 11 is 0. The molecule has 4 heteroatoms. The number of carbonyl (C=O) groups is 1. The van der Waals surface area contributed by atoms with Crippen molar-refractivity contribution in [3.8, 4) is 0 Å². The fraction of sp³-hybridized carbons (Fsp3) is 0.462. The van der Waals surface area contributed by atoms with E-state index in [9.17, 15) is 14.3 Å². The number of benzene rings is 1. The van der Waals surface area contributed by atoms with E-state index in [2.05, 4.69) is 5.32 Å². The number of nitrogens with one attached hydrogen (secondary N) is 1. The van der Waals surface area contributed by atoms with Gasteiger partial charge in [0, 0.05) is 5.54 Å². The Labute approximate surface area is 101 Å². The van der Waals surface area contributed by atoms with Crippen LogP contribution in [0.25, 0.3) is 0 Å². The molecule has 0 amide bonds. The van der Waals surface area contributed by atoms with Crippen molar-refractivity contribution in [3.63, 3.8) is 0 Å². The van der Waals surface area contributed by atoms with Crippen molar-refractivity contribution in [2.24, 2.45) is 0 Å². The summed E-state index contributed by atoms with van der Waals surface area (Å²) in [5.74, 6) is -1.47. The van der Waals surface area contributed by atoms with Gasteiger partial charge in [-0.3, -0.25) is 5.32 Å². The van der Waals surface area contributed by atoms with E-state index in [0.29, 0.717) is 5.56 Å². The molecule has 0 radical (unpaired) electrons. The van der Waals surface area contributed by atoms with Crippen LogP contribution in [0, 0.1) is 5.82 Å². The zero-order chi connectivity index (χ0) is 13.3. The third-order valence-corrected chi connectivity index (χ3v) is 2.45. The predicted molar refractivity (Wildman–Crippen MR) is 64.3 cm³/mol. The van der Waals surface area contributed by atoms with Gasteiger partial charge in [0.2, 0.25) is 0 Å². The molecule has 0 saturated carbocycles. The highest BCUT2D eigenvalue weighted by atomic mass is 19.1. The molecule has 0 aromatic heterocycles. The minimum absolute atomic E-state index is 0.389. The van der Waals surface area contributed by atoms with E-state index >= 15 is 0 Å². The highest BCUT2D eigenvalue weighted by Gasteiger charge is 2.38. The summed E-state index contributed by atoms with van der Waals surface area (Å²) in [6.07, 6.45) is 0. The average molecular weight is 239 g/mol. The lowest BCUT2D eigenvalue weighted by Gasteiger charge is -2.34. The van der Waals surface area contributed by atoms with Gasteiger partial charge >= 0.3 is 5.97 Å². The van der Waals surface area contributed by atoms with Gasteiger partial charge < -0.3 is 5.11 Å². The van der Waals surface area contributed by atoms with Crippen LogP contribution in [0.2, 0.25) is 0 Å². The lowest BCUT2D eigenvalue weighted by molar-refractivity contribution is -0.145. The van der Waals surface area contributed by atoms with Crippen LogP contribution in [0.5, 0.6) is 0 Å². The Kier molecular flexibility index (Phi) is 3.57. The lowest BCUT2D eigenvalue weighted by atomic mass is 9.89. The van der Waals surface area contributed by atoms with Crippen LogP contribution in [0.4, 0.5) is 4.39 Å². The summed E-state index contributed by atoms with van der Waals surface area (Å²) in [4.78, 5) is 11.4. The first kappa shape index (κ1) is 13.6. The van der Waals surface area contributed by atoms with Crippen molar-refractivity contribution in [2.45, 2.75) is 38.8 Å². The van der Waals surface area contributed by atoms with E-state index in [-0.39, 0.29) is 5.54 Å². The van der Waals surface area contributed by atoms with Crippen LogP contribution in [-0.2, 0) is 10.3 Å². The molecule has 94 valence electrons. The molecule has 0 bridgehead atoms. The first-order chi connectivity index (χ1) is 7.65. The number of hydrogen-bond acceptors (Lipinski definition) is 2. The highest BCUT2D eigenvalue weighted by Crippen LogP contribution is 2.24. The Morgan fingerprint density at radius 1 is 1.29 bits per heavy atom. The van der Waals surface area contributed by atoms with Crippen molar-refractivity contribution in [2.75, 3.05) is 0 Å². The van der Waals surface area contributed by atoms with Crippen LogP contribution in [0.3, 0.4) is 0 Å². The SMILES string of the molecule is CC(C)(C)NC(C)(C(=O)O)c1cccc(F)c1. The third kappa shape index (κ3) is 3.27. The van der Waals surface area contributed by atoms with Crippen molar-refractivity contribution in [3.05, 3.63) is 35.6 Å². The summed E-state index contributed by atoms with van der Waals surface area (Å²) in [5, 5.41) is 12.4. The number of carboxylic acids is 1. The molecule has 0 saturated heterocycles. The number of carboxylic acid groups (broad SMARTS) is 1. The number of rotatable bonds is 3. The van der Waals surface area contributed by atoms with Gasteiger partial charge in [-0.25, -0.2) is 9.18 Å². The van der Waals surface area contributed by atoms with Crippen molar-refractivity contribution in [1.29, 1.82) is 0 Å². The van der Waals surface area contributed by atoms with Crippen molar-refractivity contribution < 1.29 is 14.3 Å². The summed E-state index contributed by atoms with van der Waals surface area (Å²) < 4.78 is 13.2. The van der Waals surface area contributed by atoms with Crippen molar-refractivity contribution in [1.82, 2.24) is 5.32 Å². The smallest absolute Gasteiger partial charge is 0.328 e. The molecular formula is C13H18FNO2. The van der Waals surface area contributed by atoms with E-state index in [0.717, 1.165) is 0 Å². The molecule has 1 rings (SSSR count). The molecular weight excluding hydrogens is 221 g/mol. The second-order valence-corrected chi connectivity index (χ2v) is 5.32. The fourth-order valence-electron chi connectivity index (χ4n) is 1.80. The Morgan fingerprint density at radius 2 is 1.88 bits per heavy atom. The maximum Gasteiger partial charge on any atom is 0.328 e. The normalized spacial score (nSPS) is 15.4. The third-order valence-electron chi connectivity index (χ3n) is 2.45. The number of halogens is 1. The van der Waals surface area contributed by atoms with Crippen molar-refractivity contribution >= 4 is 5.97 Å². The van der Waals surface area contributed by atoms with Gasteiger partial charge in [-0.05, 0) is 45.4 Å². The number of aliphatic carboxylic acids is 1. The summed E-state index contributed by atoms with van der Waals surface area (Å²) in [6, 6.07) is 5.65. The maximum atomic E-state index is 13.2. The Hall–Kier alpha value is -1.42. The van der Waals surface area contributed by atoms with Crippen LogP contribution in [0.1, 0.15) is 33.3 Å². The molecule has 0 fully saturated rings. The van der Waals surface area contributed by atoms with Crippen LogP contribution in [-0.4, -0.2) is 16.6 Å². The summed E-state index contributed by atoms with van der Waals surface area (Å²) in [6.45, 7) is 7.14. The zero-order valence-electron chi connectivity index (χ0n) is 10.5. The minimum Gasteiger partial charge on any atom is -0.480 e. The van der Waals surface area contributed by atoms with Crippen LogP contribution < -0.4 is 5.32 Å². The molecule has 0 spiro atoms. The van der Waals surface area contributed by atoms with E-state index in [4.69, 9.17) is 0 Å². The Morgan fingerprint density at radius 3 is 2.29 bits per heavy atom. The second kappa shape index (κ2) is 4.45. The molecule has 2 N–H and O–H groups in total.